The highest BCUT2D eigenvalue weighted by Crippen LogP contribution is 2.44. The van der Waals surface area contributed by atoms with E-state index >= 15 is 0 Å². The summed E-state index contributed by atoms with van der Waals surface area (Å²) in [4.78, 5) is 69.2. The van der Waals surface area contributed by atoms with Crippen LogP contribution in [0.5, 0.6) is 11.5 Å². The zero-order chi connectivity index (χ0) is 64.1. The van der Waals surface area contributed by atoms with Crippen molar-refractivity contribution in [2.75, 3.05) is 40.4 Å². The molecule has 2 aromatic carbocycles. The summed E-state index contributed by atoms with van der Waals surface area (Å²) in [5.74, 6) is 1.66. The zero-order valence-electron chi connectivity index (χ0n) is 56.5. The Labute approximate surface area is 518 Å². The van der Waals surface area contributed by atoms with Gasteiger partial charge in [0.15, 0.2) is 0 Å². The van der Waals surface area contributed by atoms with Crippen LogP contribution in [0.1, 0.15) is 225 Å². The van der Waals surface area contributed by atoms with E-state index in [1.165, 1.54) is 10.1 Å². The smallest absolute Gasteiger partial charge is 0.209 e. The van der Waals surface area contributed by atoms with Crippen LogP contribution in [0.25, 0.3) is 0 Å². The summed E-state index contributed by atoms with van der Waals surface area (Å²) < 4.78 is 10.6. The van der Waals surface area contributed by atoms with Gasteiger partial charge in [-0.2, -0.15) is 20.3 Å². The molecular formula is C68H116N8O10. The lowest BCUT2D eigenvalue weighted by Crippen LogP contribution is -2.63. The number of carbonyl (C=O) groups excluding carboxylic acids is 4. The van der Waals surface area contributed by atoms with Gasteiger partial charge in [0.25, 0.3) is 0 Å². The van der Waals surface area contributed by atoms with Gasteiger partial charge in [-0.1, -0.05) is 49.9 Å². The monoisotopic (exact) mass is 1200 g/mol. The maximum atomic E-state index is 12.4. The van der Waals surface area contributed by atoms with Crippen LogP contribution >= 0.6 is 0 Å². The Bertz CT molecular complexity index is 2180. The van der Waals surface area contributed by atoms with Gasteiger partial charge in [-0.25, -0.2) is 0 Å². The second kappa shape index (κ2) is 30.4. The number of amides is 4. The average molecular weight is 1210 g/mol. The molecule has 2 N–H and O–H groups in total. The minimum atomic E-state index is -0.374. The molecule has 4 aliphatic heterocycles. The molecule has 4 amide bonds. The first-order valence-corrected chi connectivity index (χ1v) is 32.1. The van der Waals surface area contributed by atoms with E-state index in [-0.39, 0.29) is 68.5 Å². The lowest BCUT2D eigenvalue weighted by molar-refractivity contribution is -0.294. The van der Waals surface area contributed by atoms with Gasteiger partial charge in [0.05, 0.1) is 27.4 Å². The molecule has 6 rings (SSSR count). The van der Waals surface area contributed by atoms with E-state index in [4.69, 9.17) is 19.1 Å². The molecule has 4 aliphatic rings. The fraction of sp³-hybridized carbons (Fsp3) is 0.765. The second-order valence-electron chi connectivity index (χ2n) is 30.4. The maximum absolute atomic E-state index is 12.4. The number of nitrogens with zero attached hydrogens (tertiary/aromatic N) is 8. The molecule has 86 heavy (non-hydrogen) atoms. The van der Waals surface area contributed by atoms with Gasteiger partial charge < -0.3 is 39.5 Å². The minimum Gasteiger partial charge on any atom is -0.497 e. The quantitative estimate of drug-likeness (QED) is 0.0559. The highest BCUT2D eigenvalue weighted by molar-refractivity contribution is 5.49. The number of benzene rings is 2. The molecule has 2 aromatic rings. The summed E-state index contributed by atoms with van der Waals surface area (Å²) in [5, 5.41) is 28.2. The van der Waals surface area contributed by atoms with Crippen LogP contribution in [0.3, 0.4) is 0 Å². The standard InChI is InChI=1S/C42H66N4O6.C26H50N4O4/c1-39(2)25-35(26-40(3,4)45(39)51-29-33-15-19-37(49-9)20-16-33)43(31-47)23-13-11-12-14-24-44(32-48)36-27-41(5,6)46(42(7,8)28-36)52-30-34-17-21-38(50-10)22-18-34;1-23(2)15-21(16-24(3,4)29(23)33)27(19-31)13-11-9-10-12-14-28(20-32)22-17-25(5,6)30(34)26(7,8)18-22/h15-22,31-32,35-36H,11-14,23-30H2,1-10H3;19-22,33-34H,9-18H2,1-8H3. The van der Waals surface area contributed by atoms with Crippen molar-refractivity contribution >= 4 is 25.6 Å². The number of hydrogen-bond donors (Lipinski definition) is 2. The van der Waals surface area contributed by atoms with Crippen LogP contribution in [0.15, 0.2) is 48.5 Å². The lowest BCUT2D eigenvalue weighted by Gasteiger charge is -2.55. The SMILES string of the molecule is CC1(C)CC(N(C=O)CCCCCCN(C=O)C2CC(C)(C)N(O)C(C)(C)C2)CC(C)(C)N1O.COc1ccc(CON2C(C)(C)CC(N(C=O)CCCCCCN(C=O)C3CC(C)(C)N(OCc4ccc(OC)cc4)C(C)(C)C3)CC2(C)C)cc1. The van der Waals surface area contributed by atoms with E-state index < -0.39 is 0 Å². The molecule has 0 aromatic heterocycles. The molecule has 4 heterocycles. The highest BCUT2D eigenvalue weighted by atomic mass is 16.7. The molecule has 0 aliphatic carbocycles. The van der Waals surface area contributed by atoms with E-state index in [9.17, 15) is 29.6 Å². The highest BCUT2D eigenvalue weighted by Gasteiger charge is 2.51. The molecule has 0 unspecified atom stereocenters. The van der Waals surface area contributed by atoms with Gasteiger partial charge in [-0.15, -0.1) is 0 Å². The minimum absolute atomic E-state index is 0.126. The Hall–Kier alpha value is -4.40. The molecule has 0 saturated carbocycles. The van der Waals surface area contributed by atoms with Gasteiger partial charge in [-0.3, -0.25) is 28.9 Å². The van der Waals surface area contributed by atoms with E-state index in [0.717, 1.165) is 177 Å². The summed E-state index contributed by atoms with van der Waals surface area (Å²) >= 11 is 0. The third-order valence-corrected chi connectivity index (χ3v) is 19.0. The molecular weight excluding hydrogens is 1090 g/mol. The second-order valence-corrected chi connectivity index (χ2v) is 30.4. The van der Waals surface area contributed by atoms with Crippen LogP contribution in [-0.2, 0) is 42.1 Å². The first-order valence-electron chi connectivity index (χ1n) is 32.1. The molecule has 18 heteroatoms. The number of unbranched alkanes of at least 4 members (excludes halogenated alkanes) is 6. The number of rotatable bonds is 30. The predicted molar refractivity (Wildman–Crippen MR) is 339 cm³/mol. The fourth-order valence-electron chi connectivity index (χ4n) is 15.4. The van der Waals surface area contributed by atoms with Crippen LogP contribution in [0.4, 0.5) is 0 Å². The number of ether oxygens (including phenoxy) is 2. The van der Waals surface area contributed by atoms with Gasteiger partial charge in [0.2, 0.25) is 25.6 Å². The van der Waals surface area contributed by atoms with Crippen LogP contribution < -0.4 is 9.47 Å². The molecule has 488 valence electrons. The molecule has 4 fully saturated rings. The van der Waals surface area contributed by atoms with E-state index in [1.54, 1.807) is 14.2 Å². The number of piperidine rings is 4. The fourth-order valence-corrected chi connectivity index (χ4v) is 15.4. The van der Waals surface area contributed by atoms with Crippen molar-refractivity contribution in [3.8, 4) is 11.5 Å². The Morgan fingerprint density at radius 3 is 0.779 bits per heavy atom. The van der Waals surface area contributed by atoms with E-state index in [2.05, 4.69) is 65.5 Å². The molecule has 0 radical (unpaired) electrons. The summed E-state index contributed by atoms with van der Waals surface area (Å²) in [6.07, 6.45) is 18.2. The van der Waals surface area contributed by atoms with Crippen molar-refractivity contribution in [2.45, 2.75) is 295 Å². The Kier molecular flexibility index (Phi) is 25.6. The maximum Gasteiger partial charge on any atom is 0.209 e. The first kappa shape index (κ1) is 72.3. The summed E-state index contributed by atoms with van der Waals surface area (Å²) in [6, 6.07) is 16.5. The summed E-state index contributed by atoms with van der Waals surface area (Å²) in [6.45, 7) is 37.7. The summed E-state index contributed by atoms with van der Waals surface area (Å²) in [7, 11) is 3.34. The van der Waals surface area contributed by atoms with Gasteiger partial charge >= 0.3 is 0 Å². The topological polar surface area (TPSA) is 172 Å². The number of hydrogen-bond acceptors (Lipinski definition) is 14. The Morgan fingerprint density at radius 1 is 0.372 bits per heavy atom. The average Bonchev–Trinajstić information content (AvgIpc) is 1.19. The van der Waals surface area contributed by atoms with Crippen molar-refractivity contribution in [3.63, 3.8) is 0 Å². The van der Waals surface area contributed by atoms with E-state index in [0.29, 0.717) is 13.2 Å². The molecule has 18 nitrogen and oxygen atoms in total. The Morgan fingerprint density at radius 2 is 0.581 bits per heavy atom. The molecule has 0 atom stereocenters. The van der Waals surface area contributed by atoms with E-state index in [1.807, 2.05) is 124 Å². The normalized spacial score (nSPS) is 22.2. The van der Waals surface area contributed by atoms with Crippen molar-refractivity contribution in [1.29, 1.82) is 0 Å². The van der Waals surface area contributed by atoms with Crippen molar-refractivity contribution in [2.24, 2.45) is 0 Å². The number of carbonyl (C=O) groups is 4. The van der Waals surface area contributed by atoms with Crippen molar-refractivity contribution < 1.29 is 48.7 Å². The lowest BCUT2D eigenvalue weighted by atomic mass is 9.78. The largest absolute Gasteiger partial charge is 0.497 e. The zero-order valence-corrected chi connectivity index (χ0v) is 56.5. The van der Waals surface area contributed by atoms with Crippen LogP contribution in [-0.4, -0.2) is 185 Å². The number of methoxy groups -OCH3 is 2. The van der Waals surface area contributed by atoms with Crippen LogP contribution in [0.2, 0.25) is 0 Å². The summed E-state index contributed by atoms with van der Waals surface area (Å²) in [5.41, 5.74) is -0.318. The number of hydroxylamine groups is 8. The third kappa shape index (κ3) is 19.3. The van der Waals surface area contributed by atoms with Gasteiger partial charge in [-0.05, 0) is 223 Å². The van der Waals surface area contributed by atoms with Crippen LogP contribution in [0, 0.1) is 0 Å². The predicted octanol–water partition coefficient (Wildman–Crippen LogP) is 12.1. The molecule has 0 spiro atoms. The first-order chi connectivity index (χ1) is 40.1. The van der Waals surface area contributed by atoms with Gasteiger partial charge in [0.1, 0.15) is 11.5 Å². The van der Waals surface area contributed by atoms with Crippen molar-refractivity contribution in [3.05, 3.63) is 59.7 Å². The molecule has 4 saturated heterocycles. The Balaban J connectivity index is 0.000000344. The van der Waals surface area contributed by atoms with Gasteiger partial charge in [0, 0.05) is 94.7 Å². The third-order valence-electron chi connectivity index (χ3n) is 19.0. The molecule has 0 bridgehead atoms. The van der Waals surface area contributed by atoms with Crippen molar-refractivity contribution in [1.82, 2.24) is 39.9 Å².